The average Bonchev–Trinajstić information content (AvgIpc) is 2.85. The number of ether oxygens (including phenoxy) is 3. The quantitative estimate of drug-likeness (QED) is 0.613. The van der Waals surface area contributed by atoms with Crippen LogP contribution < -0.4 is 29.7 Å². The highest BCUT2D eigenvalue weighted by Gasteiger charge is 2.18. The van der Waals surface area contributed by atoms with Crippen molar-refractivity contribution in [1.29, 1.82) is 0 Å². The van der Waals surface area contributed by atoms with E-state index >= 15 is 0 Å². The van der Waals surface area contributed by atoms with Crippen LogP contribution in [0.25, 0.3) is 0 Å². The van der Waals surface area contributed by atoms with Crippen molar-refractivity contribution < 1.29 is 23.8 Å². The fraction of sp³-hybridized carbons (Fsp3) is 0.435. The minimum Gasteiger partial charge on any atom is -0.493 e. The number of carbonyl (C=O) groups excluding carboxylic acids is 2. The van der Waals surface area contributed by atoms with E-state index in [0.29, 0.717) is 29.4 Å². The molecular weight excluding hydrogens is 412 g/mol. The van der Waals surface area contributed by atoms with Gasteiger partial charge in [-0.1, -0.05) is 6.07 Å². The van der Waals surface area contributed by atoms with E-state index in [9.17, 15) is 9.59 Å². The molecule has 2 heterocycles. The number of pyridine rings is 1. The van der Waals surface area contributed by atoms with E-state index in [1.807, 2.05) is 12.1 Å². The molecule has 2 N–H and O–H groups in total. The highest BCUT2D eigenvalue weighted by Crippen LogP contribution is 2.38. The lowest BCUT2D eigenvalue weighted by molar-refractivity contribution is -0.120. The molecule has 1 aliphatic rings. The second kappa shape index (κ2) is 11.2. The second-order valence-electron chi connectivity index (χ2n) is 7.41. The maximum absolute atomic E-state index is 12.6. The Bertz CT molecular complexity index is 919. The maximum Gasteiger partial charge on any atom is 0.251 e. The van der Waals surface area contributed by atoms with Crippen LogP contribution in [-0.4, -0.2) is 57.8 Å². The Morgan fingerprint density at radius 1 is 1.00 bits per heavy atom. The molecule has 9 heteroatoms. The normalized spacial score (nSPS) is 13.3. The Labute approximate surface area is 188 Å². The van der Waals surface area contributed by atoms with Crippen LogP contribution in [0.3, 0.4) is 0 Å². The van der Waals surface area contributed by atoms with Crippen molar-refractivity contribution in [1.82, 2.24) is 15.6 Å². The van der Waals surface area contributed by atoms with Gasteiger partial charge in [0.05, 0.1) is 27.9 Å². The molecular formula is C23H30N4O5. The number of piperidine rings is 1. The van der Waals surface area contributed by atoms with Gasteiger partial charge in [-0.15, -0.1) is 0 Å². The Hall–Kier alpha value is -3.49. The van der Waals surface area contributed by atoms with Crippen molar-refractivity contribution in [2.75, 3.05) is 45.9 Å². The van der Waals surface area contributed by atoms with Gasteiger partial charge >= 0.3 is 0 Å². The molecule has 1 aromatic carbocycles. The summed E-state index contributed by atoms with van der Waals surface area (Å²) in [5, 5.41) is 5.48. The highest BCUT2D eigenvalue weighted by atomic mass is 16.5. The number of amides is 2. The first-order valence-electron chi connectivity index (χ1n) is 10.6. The third kappa shape index (κ3) is 5.60. The predicted octanol–water partition coefficient (Wildman–Crippen LogP) is 2.14. The molecule has 3 rings (SSSR count). The predicted molar refractivity (Wildman–Crippen MR) is 121 cm³/mol. The first-order valence-corrected chi connectivity index (χ1v) is 10.6. The molecule has 1 saturated heterocycles. The number of methoxy groups -OCH3 is 3. The van der Waals surface area contributed by atoms with Gasteiger partial charge in [-0.3, -0.25) is 9.59 Å². The van der Waals surface area contributed by atoms with Gasteiger partial charge in [-0.05, 0) is 37.5 Å². The fourth-order valence-corrected chi connectivity index (χ4v) is 3.69. The zero-order chi connectivity index (χ0) is 22.9. The first-order chi connectivity index (χ1) is 15.6. The molecule has 172 valence electrons. The number of hydrogen-bond acceptors (Lipinski definition) is 7. The monoisotopic (exact) mass is 442 g/mol. The molecule has 32 heavy (non-hydrogen) atoms. The summed E-state index contributed by atoms with van der Waals surface area (Å²) in [6.07, 6.45) is 5.30. The summed E-state index contributed by atoms with van der Waals surface area (Å²) in [7, 11) is 4.44. The lowest BCUT2D eigenvalue weighted by Gasteiger charge is -2.29. The van der Waals surface area contributed by atoms with Gasteiger partial charge in [0.25, 0.3) is 5.91 Å². The molecule has 2 aromatic rings. The SMILES string of the molecule is COc1cc(C(=O)NCC(=O)NCc2cccnc2N2CCCCC2)cc(OC)c1OC. The number of aromatic nitrogens is 1. The molecule has 1 aliphatic heterocycles. The summed E-state index contributed by atoms with van der Waals surface area (Å²) in [5.74, 6) is 1.32. The molecule has 2 amide bonds. The van der Waals surface area contributed by atoms with E-state index in [-0.39, 0.29) is 12.5 Å². The smallest absolute Gasteiger partial charge is 0.251 e. The number of rotatable bonds is 9. The van der Waals surface area contributed by atoms with Crippen LogP contribution in [0.2, 0.25) is 0 Å². The van der Waals surface area contributed by atoms with Crippen LogP contribution >= 0.6 is 0 Å². The van der Waals surface area contributed by atoms with Crippen LogP contribution in [0, 0.1) is 0 Å². The van der Waals surface area contributed by atoms with Gasteiger partial charge in [0.15, 0.2) is 11.5 Å². The Balaban J connectivity index is 1.57. The third-order valence-electron chi connectivity index (χ3n) is 5.34. The van der Waals surface area contributed by atoms with Crippen LogP contribution in [0.4, 0.5) is 5.82 Å². The van der Waals surface area contributed by atoms with Crippen molar-refractivity contribution >= 4 is 17.6 Å². The van der Waals surface area contributed by atoms with Gasteiger partial charge in [0.1, 0.15) is 5.82 Å². The first kappa shape index (κ1) is 23.2. The number of carbonyl (C=O) groups is 2. The molecule has 9 nitrogen and oxygen atoms in total. The van der Waals surface area contributed by atoms with Crippen molar-refractivity contribution in [3.05, 3.63) is 41.6 Å². The van der Waals surface area contributed by atoms with Gasteiger partial charge in [0, 0.05) is 37.0 Å². The van der Waals surface area contributed by atoms with E-state index < -0.39 is 5.91 Å². The van der Waals surface area contributed by atoms with Crippen molar-refractivity contribution in [3.63, 3.8) is 0 Å². The fourth-order valence-electron chi connectivity index (χ4n) is 3.69. The zero-order valence-corrected chi connectivity index (χ0v) is 18.8. The van der Waals surface area contributed by atoms with Gasteiger partial charge in [-0.25, -0.2) is 4.98 Å². The Kier molecular flexibility index (Phi) is 8.13. The van der Waals surface area contributed by atoms with Gasteiger partial charge in [-0.2, -0.15) is 0 Å². The largest absolute Gasteiger partial charge is 0.493 e. The van der Waals surface area contributed by atoms with E-state index in [1.54, 1.807) is 6.20 Å². The molecule has 0 spiro atoms. The molecule has 0 radical (unpaired) electrons. The van der Waals surface area contributed by atoms with E-state index in [4.69, 9.17) is 14.2 Å². The van der Waals surface area contributed by atoms with Crippen LogP contribution in [-0.2, 0) is 11.3 Å². The lowest BCUT2D eigenvalue weighted by atomic mass is 10.1. The number of anilines is 1. The highest BCUT2D eigenvalue weighted by molar-refractivity contribution is 5.97. The summed E-state index contributed by atoms with van der Waals surface area (Å²) < 4.78 is 15.8. The molecule has 0 unspecified atom stereocenters. The molecule has 1 aromatic heterocycles. The number of nitrogens with one attached hydrogen (secondary N) is 2. The third-order valence-corrected chi connectivity index (χ3v) is 5.34. The van der Waals surface area contributed by atoms with Gasteiger partial charge < -0.3 is 29.7 Å². The summed E-state index contributed by atoms with van der Waals surface area (Å²) in [4.78, 5) is 31.7. The summed E-state index contributed by atoms with van der Waals surface area (Å²) in [6.45, 7) is 2.14. The van der Waals surface area contributed by atoms with E-state index in [1.165, 1.54) is 39.9 Å². The van der Waals surface area contributed by atoms with Crippen molar-refractivity contribution in [3.8, 4) is 17.2 Å². The second-order valence-corrected chi connectivity index (χ2v) is 7.41. The number of nitrogens with zero attached hydrogens (tertiary/aromatic N) is 2. The molecule has 0 aliphatic carbocycles. The maximum atomic E-state index is 12.6. The molecule has 1 fully saturated rings. The van der Waals surface area contributed by atoms with E-state index in [0.717, 1.165) is 37.3 Å². The van der Waals surface area contributed by atoms with Crippen LogP contribution in [0.1, 0.15) is 35.2 Å². The number of benzene rings is 1. The Morgan fingerprint density at radius 2 is 1.69 bits per heavy atom. The van der Waals surface area contributed by atoms with E-state index in [2.05, 4.69) is 20.5 Å². The summed E-state index contributed by atoms with van der Waals surface area (Å²) in [6, 6.07) is 6.90. The van der Waals surface area contributed by atoms with Crippen molar-refractivity contribution in [2.45, 2.75) is 25.8 Å². The lowest BCUT2D eigenvalue weighted by Crippen LogP contribution is -2.37. The summed E-state index contributed by atoms with van der Waals surface area (Å²) in [5.41, 5.74) is 1.26. The standard InChI is InChI=1S/C23H30N4O5/c1-30-18-12-17(13-19(31-2)21(18)32-3)23(29)26-15-20(28)25-14-16-8-7-9-24-22(16)27-10-5-4-6-11-27/h7-9,12-13H,4-6,10-11,14-15H2,1-3H3,(H,25,28)(H,26,29). The topological polar surface area (TPSA) is 102 Å². The minimum absolute atomic E-state index is 0.158. The summed E-state index contributed by atoms with van der Waals surface area (Å²) >= 11 is 0. The number of hydrogen-bond donors (Lipinski definition) is 2. The van der Waals surface area contributed by atoms with Crippen molar-refractivity contribution in [2.24, 2.45) is 0 Å². The average molecular weight is 443 g/mol. The van der Waals surface area contributed by atoms with Crippen LogP contribution in [0.15, 0.2) is 30.5 Å². The molecule has 0 bridgehead atoms. The van der Waals surface area contributed by atoms with Crippen LogP contribution in [0.5, 0.6) is 17.2 Å². The Morgan fingerprint density at radius 3 is 2.31 bits per heavy atom. The zero-order valence-electron chi connectivity index (χ0n) is 18.8. The van der Waals surface area contributed by atoms with Gasteiger partial charge in [0.2, 0.25) is 11.7 Å². The minimum atomic E-state index is -0.421. The molecule has 0 saturated carbocycles. The molecule has 0 atom stereocenters.